The molecule has 0 radical (unpaired) electrons. The molecule has 2 amide bonds. The van der Waals surface area contributed by atoms with Crippen LogP contribution in [-0.4, -0.2) is 56.3 Å². The van der Waals surface area contributed by atoms with Gasteiger partial charge in [-0.3, -0.25) is 9.59 Å². The summed E-state index contributed by atoms with van der Waals surface area (Å²) in [7, 11) is 0.884. The van der Waals surface area contributed by atoms with Crippen LogP contribution in [0.5, 0.6) is 0 Å². The first kappa shape index (κ1) is 30.2. The Kier molecular flexibility index (Phi) is 9.66. The molecule has 1 aliphatic carbocycles. The van der Waals surface area contributed by atoms with Crippen molar-refractivity contribution in [3.05, 3.63) is 33.8 Å². The van der Waals surface area contributed by atoms with Crippen LogP contribution in [0.25, 0.3) is 0 Å². The number of hydrogen-bond acceptors (Lipinski definition) is 5. The number of carbonyl (C=O) groups is 2. The molecule has 0 aromatic heterocycles. The van der Waals surface area contributed by atoms with Gasteiger partial charge in [0, 0.05) is 12.1 Å². The van der Waals surface area contributed by atoms with Crippen molar-refractivity contribution in [1.29, 1.82) is 0 Å². The molecule has 0 unspecified atom stereocenters. The second kappa shape index (κ2) is 11.8. The number of nitrogens with one attached hydrogen (secondary N) is 2. The minimum atomic E-state index is -0.945. The van der Waals surface area contributed by atoms with E-state index < -0.39 is 30.6 Å². The van der Waals surface area contributed by atoms with Crippen LogP contribution in [0.1, 0.15) is 71.7 Å². The van der Waals surface area contributed by atoms with E-state index in [0.29, 0.717) is 17.4 Å². The lowest BCUT2D eigenvalue weighted by molar-refractivity contribution is -0.124. The molecule has 37 heavy (non-hydrogen) atoms. The monoisotopic (exact) mass is 554 g/mol. The number of rotatable bonds is 9. The molecule has 3 rings (SSSR count). The number of halogens is 2. The van der Waals surface area contributed by atoms with Gasteiger partial charge >= 0.3 is 7.12 Å². The van der Waals surface area contributed by atoms with Gasteiger partial charge in [0.15, 0.2) is 0 Å². The van der Waals surface area contributed by atoms with Crippen molar-refractivity contribution in [2.75, 3.05) is 13.7 Å². The highest BCUT2D eigenvalue weighted by Gasteiger charge is 2.61. The number of fused-ring (bicyclic) bond motifs is 1. The van der Waals surface area contributed by atoms with Crippen LogP contribution >= 0.6 is 23.2 Å². The van der Waals surface area contributed by atoms with Crippen LogP contribution in [0.15, 0.2) is 18.2 Å². The van der Waals surface area contributed by atoms with Gasteiger partial charge in [0.1, 0.15) is 6.04 Å². The Morgan fingerprint density at radius 2 is 1.86 bits per heavy atom. The Morgan fingerprint density at radius 1 is 1.19 bits per heavy atom. The molecule has 2 fully saturated rings. The standard InChI is InChI=1S/C27H41BCl2N2O5/c1-15(2)11-23(28-36-22-12-16(3)26(5,6)17(4)27(22,7)37-28)32-25(34)21(14-35-8)31-24(33)19-13-18(29)9-10-20(19)30/h9-10,13,15-17,21-23H,11-12,14H2,1-8H3,(H,31,33)(H,32,34)/t16-,17-,21-,22+,23-,27-/m0/s1. The number of ether oxygens (including phenoxy) is 1. The van der Waals surface area contributed by atoms with Crippen molar-refractivity contribution in [1.82, 2.24) is 10.6 Å². The second-order valence-corrected chi connectivity index (χ2v) is 12.7. The van der Waals surface area contributed by atoms with Crippen LogP contribution in [0.2, 0.25) is 10.0 Å². The summed E-state index contributed by atoms with van der Waals surface area (Å²) in [6, 6.07) is 3.66. The number of benzene rings is 1. The second-order valence-electron chi connectivity index (χ2n) is 11.8. The molecule has 2 aliphatic rings. The maximum absolute atomic E-state index is 13.4. The van der Waals surface area contributed by atoms with Gasteiger partial charge in [-0.25, -0.2) is 0 Å². The van der Waals surface area contributed by atoms with E-state index in [1.165, 1.54) is 13.2 Å². The zero-order valence-corrected chi connectivity index (χ0v) is 24.7. The molecule has 2 N–H and O–H groups in total. The van der Waals surface area contributed by atoms with E-state index in [2.05, 4.69) is 59.1 Å². The van der Waals surface area contributed by atoms with Crippen LogP contribution in [0.3, 0.4) is 0 Å². The van der Waals surface area contributed by atoms with E-state index >= 15 is 0 Å². The molecule has 1 aromatic carbocycles. The number of methoxy groups -OCH3 is 1. The van der Waals surface area contributed by atoms with Crippen LogP contribution in [0.4, 0.5) is 0 Å². The fourth-order valence-electron chi connectivity index (χ4n) is 5.58. The van der Waals surface area contributed by atoms with Crippen molar-refractivity contribution < 1.29 is 23.6 Å². The van der Waals surface area contributed by atoms with Crippen molar-refractivity contribution in [2.24, 2.45) is 23.2 Å². The third-order valence-electron chi connectivity index (χ3n) is 8.63. The third kappa shape index (κ3) is 6.47. The van der Waals surface area contributed by atoms with Gasteiger partial charge in [-0.15, -0.1) is 0 Å². The van der Waals surface area contributed by atoms with Crippen LogP contribution < -0.4 is 10.6 Å². The fourth-order valence-corrected chi connectivity index (χ4v) is 5.95. The average Bonchev–Trinajstić information content (AvgIpc) is 3.15. The number of amides is 2. The van der Waals surface area contributed by atoms with E-state index in [1.807, 2.05) is 0 Å². The molecule has 1 aromatic rings. The Hall–Kier alpha value is -1.32. The zero-order chi connectivity index (χ0) is 27.7. The van der Waals surface area contributed by atoms with Gasteiger partial charge < -0.3 is 24.7 Å². The Bertz CT molecular complexity index is 994. The summed E-state index contributed by atoms with van der Waals surface area (Å²) in [6.45, 7) is 15.4. The van der Waals surface area contributed by atoms with E-state index in [-0.39, 0.29) is 46.5 Å². The number of hydrogen-bond donors (Lipinski definition) is 2. The lowest BCUT2D eigenvalue weighted by atomic mass is 9.57. The quantitative estimate of drug-likeness (QED) is 0.411. The molecule has 1 heterocycles. The van der Waals surface area contributed by atoms with Crippen molar-refractivity contribution in [3.8, 4) is 0 Å². The van der Waals surface area contributed by atoms with Crippen molar-refractivity contribution in [3.63, 3.8) is 0 Å². The van der Waals surface area contributed by atoms with Crippen LogP contribution in [-0.2, 0) is 18.8 Å². The largest absolute Gasteiger partial charge is 0.481 e. The van der Waals surface area contributed by atoms with Gasteiger partial charge in [-0.05, 0) is 61.1 Å². The maximum atomic E-state index is 13.4. The normalized spacial score (nSPS) is 28.5. The lowest BCUT2D eigenvalue weighted by Gasteiger charge is -2.53. The minimum absolute atomic E-state index is 0.0143. The first-order valence-electron chi connectivity index (χ1n) is 13.1. The predicted molar refractivity (Wildman–Crippen MR) is 148 cm³/mol. The van der Waals surface area contributed by atoms with Crippen molar-refractivity contribution in [2.45, 2.75) is 85.0 Å². The topological polar surface area (TPSA) is 85.9 Å². The minimum Gasteiger partial charge on any atom is -0.404 e. The lowest BCUT2D eigenvalue weighted by Crippen LogP contribution is -2.57. The third-order valence-corrected chi connectivity index (χ3v) is 9.20. The first-order chi connectivity index (χ1) is 17.2. The molecule has 1 saturated heterocycles. The summed E-state index contributed by atoms with van der Waals surface area (Å²) in [4.78, 5) is 26.4. The number of carbonyl (C=O) groups excluding carboxylic acids is 2. The van der Waals surface area contributed by atoms with E-state index in [0.717, 1.165) is 6.42 Å². The molecule has 0 bridgehead atoms. The van der Waals surface area contributed by atoms with E-state index in [4.69, 9.17) is 37.2 Å². The fraction of sp³-hybridized carbons (Fsp3) is 0.704. The summed E-state index contributed by atoms with van der Waals surface area (Å²) in [6.07, 6.45) is 1.50. The van der Waals surface area contributed by atoms with Crippen molar-refractivity contribution >= 4 is 42.1 Å². The SMILES string of the molecule is COC[C@H](NC(=O)c1cc(Cl)ccc1Cl)C(=O)N[C@@H](CC(C)C)B1O[C@@H]2C[C@H](C)C(C)(C)[C@H](C)[C@]2(C)O1. The van der Waals surface area contributed by atoms with Gasteiger partial charge in [0.05, 0.1) is 34.8 Å². The summed E-state index contributed by atoms with van der Waals surface area (Å²) >= 11 is 12.2. The smallest absolute Gasteiger partial charge is 0.404 e. The predicted octanol–water partition coefficient (Wildman–Crippen LogP) is 5.17. The summed E-state index contributed by atoms with van der Waals surface area (Å²) in [5.41, 5.74) is -0.174. The molecule has 6 atom stereocenters. The highest BCUT2D eigenvalue weighted by molar-refractivity contribution is 6.48. The maximum Gasteiger partial charge on any atom is 0.481 e. The van der Waals surface area contributed by atoms with Gasteiger partial charge in [-0.1, -0.05) is 64.7 Å². The van der Waals surface area contributed by atoms with Gasteiger partial charge in [0.25, 0.3) is 5.91 Å². The molecule has 7 nitrogen and oxygen atoms in total. The summed E-state index contributed by atoms with van der Waals surface area (Å²) in [5, 5.41) is 6.43. The van der Waals surface area contributed by atoms with Gasteiger partial charge in [0.2, 0.25) is 5.91 Å². The molecule has 206 valence electrons. The molecular weight excluding hydrogens is 514 g/mol. The molecule has 10 heteroatoms. The molecule has 1 saturated carbocycles. The highest BCUT2D eigenvalue weighted by atomic mass is 35.5. The van der Waals surface area contributed by atoms with Gasteiger partial charge in [-0.2, -0.15) is 0 Å². The van der Waals surface area contributed by atoms with E-state index in [1.54, 1.807) is 12.1 Å². The Labute approximate surface area is 231 Å². The molecule has 0 spiro atoms. The average molecular weight is 555 g/mol. The summed E-state index contributed by atoms with van der Waals surface area (Å²) in [5.74, 6) is -0.277. The molecular formula is C27H41BCl2N2O5. The molecule has 1 aliphatic heterocycles. The zero-order valence-electron chi connectivity index (χ0n) is 23.2. The Balaban J connectivity index is 1.78. The van der Waals surface area contributed by atoms with E-state index in [9.17, 15) is 9.59 Å². The summed E-state index contributed by atoms with van der Waals surface area (Å²) < 4.78 is 18.4. The highest BCUT2D eigenvalue weighted by Crippen LogP contribution is 2.54. The first-order valence-corrected chi connectivity index (χ1v) is 13.8. The van der Waals surface area contributed by atoms with Crippen LogP contribution in [0, 0.1) is 23.2 Å². The Morgan fingerprint density at radius 3 is 2.49 bits per heavy atom.